The molecular formula is C26H21ClN6O4S. The van der Waals surface area contributed by atoms with Gasteiger partial charge in [-0.15, -0.1) is 11.3 Å². The number of nitrogens with zero attached hydrogens (tertiary/aromatic N) is 5. The fourth-order valence-corrected chi connectivity index (χ4v) is 4.87. The fraction of sp³-hybridized carbons (Fsp3) is 0.115. The lowest BCUT2D eigenvalue weighted by Crippen LogP contribution is -2.20. The van der Waals surface area contributed by atoms with Crippen LogP contribution in [-0.4, -0.2) is 40.4 Å². The van der Waals surface area contributed by atoms with E-state index < -0.39 is 11.5 Å². The van der Waals surface area contributed by atoms with E-state index in [1.807, 2.05) is 6.07 Å². The van der Waals surface area contributed by atoms with Gasteiger partial charge in [0, 0.05) is 28.8 Å². The normalized spacial score (nSPS) is 11.0. The molecule has 192 valence electrons. The predicted octanol–water partition coefficient (Wildman–Crippen LogP) is 3.76. The SMILES string of the molecule is O=C(c1cccc(CO)c1)n1nc(-c2ccc(=O)n(Cc3ccncn3)c2O)cc1NCc1ccc(Cl)s1. The lowest BCUT2D eigenvalue weighted by molar-refractivity contribution is 0.0947. The number of aliphatic hydroxyl groups is 1. The zero-order valence-electron chi connectivity index (χ0n) is 19.8. The van der Waals surface area contributed by atoms with E-state index in [1.54, 1.807) is 48.7 Å². The van der Waals surface area contributed by atoms with Gasteiger partial charge in [0.25, 0.3) is 11.5 Å². The number of halogens is 1. The van der Waals surface area contributed by atoms with Crippen molar-refractivity contribution in [3.63, 3.8) is 0 Å². The Morgan fingerprint density at radius 2 is 1.97 bits per heavy atom. The fourth-order valence-electron chi connectivity index (χ4n) is 3.84. The molecule has 12 heteroatoms. The molecule has 4 heterocycles. The van der Waals surface area contributed by atoms with Gasteiger partial charge in [-0.3, -0.25) is 14.2 Å². The Labute approximate surface area is 225 Å². The summed E-state index contributed by atoms with van der Waals surface area (Å²) in [5, 5.41) is 28.2. The summed E-state index contributed by atoms with van der Waals surface area (Å²) in [6.07, 6.45) is 2.91. The molecule has 0 bridgehead atoms. The van der Waals surface area contributed by atoms with E-state index in [9.17, 15) is 19.8 Å². The van der Waals surface area contributed by atoms with Crippen molar-refractivity contribution in [3.8, 4) is 17.1 Å². The summed E-state index contributed by atoms with van der Waals surface area (Å²) in [6.45, 7) is 0.196. The van der Waals surface area contributed by atoms with Gasteiger partial charge in [0.15, 0.2) is 0 Å². The van der Waals surface area contributed by atoms with Crippen LogP contribution in [0.15, 0.2) is 78.0 Å². The molecule has 0 saturated heterocycles. The second-order valence-electron chi connectivity index (χ2n) is 8.25. The molecule has 5 aromatic rings. The maximum atomic E-state index is 13.5. The van der Waals surface area contributed by atoms with Crippen molar-refractivity contribution < 1.29 is 15.0 Å². The zero-order valence-corrected chi connectivity index (χ0v) is 21.4. The second-order valence-corrected chi connectivity index (χ2v) is 10.0. The predicted molar refractivity (Wildman–Crippen MR) is 143 cm³/mol. The number of carbonyl (C=O) groups is 1. The minimum Gasteiger partial charge on any atom is -0.494 e. The van der Waals surface area contributed by atoms with Gasteiger partial charge in [0.1, 0.15) is 17.8 Å². The Kier molecular flexibility index (Phi) is 7.31. The molecule has 4 aromatic heterocycles. The van der Waals surface area contributed by atoms with Crippen molar-refractivity contribution in [2.75, 3.05) is 5.32 Å². The van der Waals surface area contributed by atoms with Crippen molar-refractivity contribution in [3.05, 3.63) is 110 Å². The Balaban J connectivity index is 1.55. The average molecular weight is 549 g/mol. The average Bonchev–Trinajstić information content (AvgIpc) is 3.56. The third kappa shape index (κ3) is 5.35. The number of carbonyl (C=O) groups excluding carboxylic acids is 1. The molecule has 0 fully saturated rings. The van der Waals surface area contributed by atoms with Crippen LogP contribution in [0.25, 0.3) is 11.3 Å². The Hall–Kier alpha value is -4.32. The molecule has 3 N–H and O–H groups in total. The van der Waals surface area contributed by atoms with E-state index in [1.165, 1.54) is 39.0 Å². The van der Waals surface area contributed by atoms with Gasteiger partial charge in [-0.05, 0) is 42.0 Å². The molecule has 1 aromatic carbocycles. The summed E-state index contributed by atoms with van der Waals surface area (Å²) in [4.78, 5) is 35.0. The first kappa shape index (κ1) is 25.3. The van der Waals surface area contributed by atoms with Gasteiger partial charge in [0.2, 0.25) is 5.88 Å². The van der Waals surface area contributed by atoms with Crippen molar-refractivity contribution in [1.29, 1.82) is 0 Å². The number of aromatic nitrogens is 5. The minimum atomic E-state index is -0.438. The number of aromatic hydroxyl groups is 1. The number of thiophene rings is 1. The quantitative estimate of drug-likeness (QED) is 0.267. The van der Waals surface area contributed by atoms with Crippen LogP contribution in [0.1, 0.15) is 26.5 Å². The topological polar surface area (TPSA) is 135 Å². The minimum absolute atomic E-state index is 0.0266. The van der Waals surface area contributed by atoms with E-state index in [-0.39, 0.29) is 30.3 Å². The van der Waals surface area contributed by atoms with Gasteiger partial charge < -0.3 is 15.5 Å². The second kappa shape index (κ2) is 11.0. The molecule has 0 aliphatic rings. The number of hydrogen-bond acceptors (Lipinski definition) is 9. The molecule has 0 atom stereocenters. The van der Waals surface area contributed by atoms with Gasteiger partial charge in [-0.2, -0.15) is 9.78 Å². The summed E-state index contributed by atoms with van der Waals surface area (Å²) in [5.41, 5.74) is 1.56. The highest BCUT2D eigenvalue weighted by Crippen LogP contribution is 2.30. The van der Waals surface area contributed by atoms with E-state index in [2.05, 4.69) is 20.4 Å². The molecule has 10 nitrogen and oxygen atoms in total. The molecular weight excluding hydrogens is 528 g/mol. The maximum absolute atomic E-state index is 13.5. The molecule has 38 heavy (non-hydrogen) atoms. The monoisotopic (exact) mass is 548 g/mol. The van der Waals surface area contributed by atoms with E-state index in [0.29, 0.717) is 33.5 Å². The first-order valence-corrected chi connectivity index (χ1v) is 12.6. The largest absolute Gasteiger partial charge is 0.494 e. The van der Waals surface area contributed by atoms with Crippen LogP contribution in [0, 0.1) is 0 Å². The van der Waals surface area contributed by atoms with E-state index in [0.717, 1.165) is 4.88 Å². The third-order valence-corrected chi connectivity index (χ3v) is 6.96. The number of benzene rings is 1. The molecule has 0 spiro atoms. The van der Waals surface area contributed by atoms with Crippen molar-refractivity contribution >= 4 is 34.7 Å². The highest BCUT2D eigenvalue weighted by atomic mass is 35.5. The summed E-state index contributed by atoms with van der Waals surface area (Å²) in [6, 6.07) is 16.3. The molecule has 5 rings (SSSR count). The Bertz CT molecular complexity index is 1660. The summed E-state index contributed by atoms with van der Waals surface area (Å²) in [5.74, 6) is -0.379. The molecule has 0 saturated carbocycles. The van der Waals surface area contributed by atoms with Crippen molar-refractivity contribution in [2.24, 2.45) is 0 Å². The first-order valence-electron chi connectivity index (χ1n) is 11.4. The molecule has 0 aliphatic heterocycles. The van der Waals surface area contributed by atoms with Gasteiger partial charge in [0.05, 0.1) is 35.3 Å². The van der Waals surface area contributed by atoms with Crippen LogP contribution >= 0.6 is 22.9 Å². The van der Waals surface area contributed by atoms with E-state index >= 15 is 0 Å². The van der Waals surface area contributed by atoms with Crippen LogP contribution in [0.3, 0.4) is 0 Å². The number of pyridine rings is 1. The van der Waals surface area contributed by atoms with Gasteiger partial charge in [-0.25, -0.2) is 9.97 Å². The van der Waals surface area contributed by atoms with Crippen LogP contribution in [0.5, 0.6) is 5.88 Å². The van der Waals surface area contributed by atoms with Crippen molar-refractivity contribution in [1.82, 2.24) is 24.3 Å². The number of rotatable bonds is 8. The van der Waals surface area contributed by atoms with E-state index in [4.69, 9.17) is 11.6 Å². The lowest BCUT2D eigenvalue weighted by Gasteiger charge is -2.10. The molecule has 0 unspecified atom stereocenters. The standard InChI is InChI=1S/C26H21ClN6O4S/c27-22-6-4-19(38-22)12-29-23-11-21(31-33(23)25(36)17-3-1-2-16(10-17)14-34)20-5-7-24(35)32(26(20)37)13-18-8-9-28-15-30-18/h1-11,15,29,34,37H,12-14H2. The maximum Gasteiger partial charge on any atom is 0.280 e. The smallest absolute Gasteiger partial charge is 0.280 e. The Morgan fingerprint density at radius 1 is 1.11 bits per heavy atom. The zero-order chi connectivity index (χ0) is 26.6. The summed E-state index contributed by atoms with van der Waals surface area (Å²) < 4.78 is 3.01. The first-order chi connectivity index (χ1) is 18.4. The molecule has 0 amide bonds. The summed E-state index contributed by atoms with van der Waals surface area (Å²) >= 11 is 7.46. The van der Waals surface area contributed by atoms with Gasteiger partial charge >= 0.3 is 0 Å². The number of anilines is 1. The van der Waals surface area contributed by atoms with Crippen LogP contribution in [0.4, 0.5) is 5.82 Å². The lowest BCUT2D eigenvalue weighted by atomic mass is 10.1. The Morgan fingerprint density at radius 3 is 2.71 bits per heavy atom. The highest BCUT2D eigenvalue weighted by Gasteiger charge is 2.21. The van der Waals surface area contributed by atoms with Crippen LogP contribution in [-0.2, 0) is 19.7 Å². The van der Waals surface area contributed by atoms with Gasteiger partial charge in [-0.1, -0.05) is 23.7 Å². The number of nitrogens with one attached hydrogen (secondary N) is 1. The number of hydrogen-bond donors (Lipinski definition) is 3. The number of aliphatic hydroxyl groups excluding tert-OH is 1. The van der Waals surface area contributed by atoms with Crippen LogP contribution < -0.4 is 10.9 Å². The highest BCUT2D eigenvalue weighted by molar-refractivity contribution is 7.16. The summed E-state index contributed by atoms with van der Waals surface area (Å²) in [7, 11) is 0. The molecule has 0 aliphatic carbocycles. The molecule has 0 radical (unpaired) electrons. The third-order valence-electron chi connectivity index (χ3n) is 5.73. The van der Waals surface area contributed by atoms with Crippen LogP contribution in [0.2, 0.25) is 4.34 Å². The van der Waals surface area contributed by atoms with Crippen molar-refractivity contribution in [2.45, 2.75) is 19.7 Å².